The van der Waals surface area contributed by atoms with E-state index in [4.69, 9.17) is 4.74 Å². The third kappa shape index (κ3) is 3.92. The molecule has 1 aliphatic rings. The number of carbonyl (C=O) groups is 1. The zero-order valence-corrected chi connectivity index (χ0v) is 13.5. The third-order valence-electron chi connectivity index (χ3n) is 3.41. The third-order valence-corrected chi connectivity index (χ3v) is 4.18. The Morgan fingerprint density at radius 2 is 2.27 bits per heavy atom. The summed E-state index contributed by atoms with van der Waals surface area (Å²) in [6.45, 7) is 5.06. The van der Waals surface area contributed by atoms with Gasteiger partial charge in [-0.25, -0.2) is 8.42 Å². The minimum atomic E-state index is -3.36. The van der Waals surface area contributed by atoms with Crippen molar-refractivity contribution in [3.63, 3.8) is 0 Å². The molecule has 0 fully saturated rings. The topological polar surface area (TPSA) is 94.4 Å². The van der Waals surface area contributed by atoms with E-state index in [1.807, 2.05) is 0 Å². The zero-order valence-electron chi connectivity index (χ0n) is 12.7. The second-order valence-corrected chi connectivity index (χ2v) is 7.55. The van der Waals surface area contributed by atoms with Crippen LogP contribution in [0.15, 0.2) is 12.7 Å². The highest BCUT2D eigenvalue weighted by Crippen LogP contribution is 2.27. The lowest BCUT2D eigenvalue weighted by molar-refractivity contribution is -0.130. The number of amides is 1. The molecule has 1 aromatic rings. The van der Waals surface area contributed by atoms with Gasteiger partial charge in [0, 0.05) is 25.8 Å². The number of carbonyl (C=O) groups excluding carboxylic acids is 1. The van der Waals surface area contributed by atoms with E-state index in [-0.39, 0.29) is 12.5 Å². The van der Waals surface area contributed by atoms with Crippen LogP contribution in [0, 0.1) is 0 Å². The Labute approximate surface area is 129 Å². The molecule has 0 saturated heterocycles. The van der Waals surface area contributed by atoms with Gasteiger partial charge in [-0.2, -0.15) is 0 Å². The molecule has 0 bridgehead atoms. The molecular formula is C13H20N4O4S. The Morgan fingerprint density at radius 1 is 1.55 bits per heavy atom. The standard InChI is InChI=1S/C13H20N4O4S/c1-4-5-21-8-10-6-17(12(18)9-22(3,19)20)7-11-13(10)16(2)15-14-11/h4,10H,1,5-9H2,2-3H3/t10-/m0/s1. The Balaban J connectivity index is 2.17. The first kappa shape index (κ1) is 16.6. The zero-order chi connectivity index (χ0) is 16.3. The van der Waals surface area contributed by atoms with Gasteiger partial charge in [-0.15, -0.1) is 11.7 Å². The van der Waals surface area contributed by atoms with Crippen LogP contribution in [0.25, 0.3) is 0 Å². The Bertz CT molecular complexity index is 668. The summed E-state index contributed by atoms with van der Waals surface area (Å²) in [6, 6.07) is 0. The van der Waals surface area contributed by atoms with E-state index in [1.165, 1.54) is 4.90 Å². The lowest BCUT2D eigenvalue weighted by Crippen LogP contribution is -2.42. The molecule has 1 atom stereocenters. The minimum Gasteiger partial charge on any atom is -0.377 e. The summed E-state index contributed by atoms with van der Waals surface area (Å²) in [5, 5.41) is 8.04. The lowest BCUT2D eigenvalue weighted by Gasteiger charge is -2.32. The van der Waals surface area contributed by atoms with Crippen molar-refractivity contribution in [2.45, 2.75) is 12.5 Å². The molecule has 8 nitrogen and oxygen atoms in total. The van der Waals surface area contributed by atoms with E-state index in [0.29, 0.717) is 25.5 Å². The fourth-order valence-corrected chi connectivity index (χ4v) is 3.18. The predicted octanol–water partition coefficient (Wildman–Crippen LogP) is -0.512. The monoisotopic (exact) mass is 328 g/mol. The van der Waals surface area contributed by atoms with Crippen molar-refractivity contribution in [1.82, 2.24) is 19.9 Å². The van der Waals surface area contributed by atoms with E-state index in [9.17, 15) is 13.2 Å². The Hall–Kier alpha value is -1.74. The van der Waals surface area contributed by atoms with Gasteiger partial charge in [0.15, 0.2) is 9.84 Å². The van der Waals surface area contributed by atoms with Gasteiger partial charge >= 0.3 is 0 Å². The number of hydrogen-bond acceptors (Lipinski definition) is 6. The van der Waals surface area contributed by atoms with Gasteiger partial charge in [-0.1, -0.05) is 11.3 Å². The van der Waals surface area contributed by atoms with Crippen LogP contribution in [0.5, 0.6) is 0 Å². The molecular weight excluding hydrogens is 308 g/mol. The summed E-state index contributed by atoms with van der Waals surface area (Å²) in [5.74, 6) is -1.01. The quantitative estimate of drug-likeness (QED) is 0.515. The molecule has 1 aliphatic heterocycles. The number of ether oxygens (including phenoxy) is 1. The normalized spacial score (nSPS) is 18.1. The summed E-state index contributed by atoms with van der Waals surface area (Å²) < 4.78 is 29.8. The molecule has 2 rings (SSSR count). The lowest BCUT2D eigenvalue weighted by atomic mass is 9.99. The summed E-state index contributed by atoms with van der Waals surface area (Å²) >= 11 is 0. The average molecular weight is 328 g/mol. The van der Waals surface area contributed by atoms with Crippen LogP contribution < -0.4 is 0 Å². The first-order valence-electron chi connectivity index (χ1n) is 6.84. The van der Waals surface area contributed by atoms with Crippen molar-refractivity contribution in [1.29, 1.82) is 0 Å². The molecule has 0 aromatic carbocycles. The molecule has 2 heterocycles. The van der Waals surface area contributed by atoms with Gasteiger partial charge in [-0.05, 0) is 0 Å². The smallest absolute Gasteiger partial charge is 0.238 e. The van der Waals surface area contributed by atoms with Crippen molar-refractivity contribution < 1.29 is 17.9 Å². The van der Waals surface area contributed by atoms with Crippen LogP contribution in [-0.2, 0) is 33.0 Å². The first-order chi connectivity index (χ1) is 10.3. The van der Waals surface area contributed by atoms with Crippen molar-refractivity contribution >= 4 is 15.7 Å². The summed E-state index contributed by atoms with van der Waals surface area (Å²) in [6.07, 6.45) is 2.70. The maximum absolute atomic E-state index is 12.1. The number of fused-ring (bicyclic) bond motifs is 1. The van der Waals surface area contributed by atoms with Crippen LogP contribution in [0.2, 0.25) is 0 Å². The van der Waals surface area contributed by atoms with Crippen LogP contribution in [0.3, 0.4) is 0 Å². The molecule has 0 radical (unpaired) electrons. The van der Waals surface area contributed by atoms with Crippen molar-refractivity contribution in [2.24, 2.45) is 7.05 Å². The fraction of sp³-hybridized carbons (Fsp3) is 0.615. The van der Waals surface area contributed by atoms with Gasteiger partial charge < -0.3 is 9.64 Å². The molecule has 0 aliphatic carbocycles. The van der Waals surface area contributed by atoms with Gasteiger partial charge in [0.2, 0.25) is 5.91 Å². The highest BCUT2D eigenvalue weighted by atomic mass is 32.2. The highest BCUT2D eigenvalue weighted by molar-refractivity contribution is 7.91. The summed E-state index contributed by atoms with van der Waals surface area (Å²) in [5.41, 5.74) is 1.61. The minimum absolute atomic E-state index is 0.0905. The number of hydrogen-bond donors (Lipinski definition) is 0. The average Bonchev–Trinajstić information content (AvgIpc) is 2.79. The van der Waals surface area contributed by atoms with E-state index < -0.39 is 21.5 Å². The number of nitrogens with zero attached hydrogens (tertiary/aromatic N) is 4. The number of sulfone groups is 1. The highest BCUT2D eigenvalue weighted by Gasteiger charge is 2.33. The second kappa shape index (κ2) is 6.57. The first-order valence-corrected chi connectivity index (χ1v) is 8.90. The van der Waals surface area contributed by atoms with Crippen LogP contribution >= 0.6 is 0 Å². The molecule has 1 aromatic heterocycles. The Morgan fingerprint density at radius 3 is 2.91 bits per heavy atom. The molecule has 0 saturated carbocycles. The Kier molecular flexibility index (Phi) is 4.97. The van der Waals surface area contributed by atoms with Gasteiger partial charge in [0.25, 0.3) is 0 Å². The van der Waals surface area contributed by atoms with Crippen LogP contribution in [0.1, 0.15) is 17.3 Å². The number of aromatic nitrogens is 3. The molecule has 1 amide bonds. The van der Waals surface area contributed by atoms with Crippen molar-refractivity contribution in [2.75, 3.05) is 31.8 Å². The van der Waals surface area contributed by atoms with E-state index in [2.05, 4.69) is 16.9 Å². The maximum atomic E-state index is 12.1. The number of aryl methyl sites for hydroxylation is 1. The van der Waals surface area contributed by atoms with E-state index in [0.717, 1.165) is 11.9 Å². The van der Waals surface area contributed by atoms with E-state index in [1.54, 1.807) is 17.8 Å². The van der Waals surface area contributed by atoms with Gasteiger partial charge in [-0.3, -0.25) is 9.48 Å². The summed E-state index contributed by atoms with van der Waals surface area (Å²) in [7, 11) is -1.57. The molecule has 0 N–H and O–H groups in total. The van der Waals surface area contributed by atoms with Gasteiger partial charge in [0.05, 0.1) is 25.5 Å². The largest absolute Gasteiger partial charge is 0.377 e. The van der Waals surface area contributed by atoms with Crippen molar-refractivity contribution in [3.05, 3.63) is 24.0 Å². The SMILES string of the molecule is C=CCOC[C@@H]1CN(C(=O)CS(C)(=O)=O)Cc2nnn(C)c21. The molecule has 122 valence electrons. The predicted molar refractivity (Wildman–Crippen MR) is 79.9 cm³/mol. The summed E-state index contributed by atoms with van der Waals surface area (Å²) in [4.78, 5) is 13.6. The van der Waals surface area contributed by atoms with E-state index >= 15 is 0 Å². The molecule has 0 unspecified atom stereocenters. The maximum Gasteiger partial charge on any atom is 0.238 e. The van der Waals surface area contributed by atoms with Crippen molar-refractivity contribution in [3.8, 4) is 0 Å². The molecule has 22 heavy (non-hydrogen) atoms. The molecule has 0 spiro atoms. The fourth-order valence-electron chi connectivity index (χ4n) is 2.55. The molecule has 9 heteroatoms. The second-order valence-electron chi connectivity index (χ2n) is 5.41. The van der Waals surface area contributed by atoms with Crippen LogP contribution in [-0.4, -0.2) is 66.0 Å². The van der Waals surface area contributed by atoms with Crippen LogP contribution in [0.4, 0.5) is 0 Å². The van der Waals surface area contributed by atoms with Gasteiger partial charge in [0.1, 0.15) is 11.4 Å². The number of rotatable bonds is 6.